The molecule has 2 N–H and O–H groups in total. The molecule has 5 heteroatoms. The molecule has 4 nitrogen and oxygen atoms in total. The smallest absolute Gasteiger partial charge is 0.410 e. The number of amides is 1. The van der Waals surface area contributed by atoms with Crippen LogP contribution in [0.2, 0.25) is 5.02 Å². The molecule has 0 saturated carbocycles. The third-order valence-corrected chi connectivity index (χ3v) is 2.99. The number of anilines is 1. The minimum absolute atomic E-state index is 0.296. The van der Waals surface area contributed by atoms with Crippen LogP contribution in [-0.4, -0.2) is 24.1 Å². The minimum atomic E-state index is -0.296. The number of nitrogens with two attached hydrogens (primary N) is 1. The van der Waals surface area contributed by atoms with Gasteiger partial charge in [0.2, 0.25) is 0 Å². The van der Waals surface area contributed by atoms with E-state index in [0.29, 0.717) is 30.4 Å². The number of benzene rings is 1. The lowest BCUT2D eigenvalue weighted by molar-refractivity contribution is 0.157. The molecule has 0 aliphatic carbocycles. The fourth-order valence-corrected chi connectivity index (χ4v) is 1.91. The number of ether oxygens (including phenoxy) is 1. The van der Waals surface area contributed by atoms with Crippen LogP contribution in [0.4, 0.5) is 10.5 Å². The van der Waals surface area contributed by atoms with Gasteiger partial charge in [-0.3, -0.25) is 0 Å². The van der Waals surface area contributed by atoms with E-state index in [0.717, 1.165) is 11.1 Å². The zero-order valence-electron chi connectivity index (χ0n) is 9.00. The topological polar surface area (TPSA) is 55.6 Å². The Kier molecular flexibility index (Phi) is 2.92. The molecule has 16 heavy (non-hydrogen) atoms. The van der Waals surface area contributed by atoms with Crippen molar-refractivity contribution in [3.8, 4) is 0 Å². The number of hydrogen-bond acceptors (Lipinski definition) is 3. The van der Waals surface area contributed by atoms with Crippen LogP contribution in [0.5, 0.6) is 0 Å². The number of rotatable bonds is 2. The van der Waals surface area contributed by atoms with E-state index in [1.165, 1.54) is 0 Å². The summed E-state index contributed by atoms with van der Waals surface area (Å²) in [4.78, 5) is 12.9. The molecule has 0 bridgehead atoms. The first-order valence-corrected chi connectivity index (χ1v) is 5.42. The van der Waals surface area contributed by atoms with Crippen molar-refractivity contribution in [2.75, 3.05) is 18.9 Å². The van der Waals surface area contributed by atoms with Gasteiger partial charge in [-0.25, -0.2) is 4.79 Å². The normalized spacial score (nSPS) is 15.4. The maximum absolute atomic E-state index is 11.3. The first-order valence-electron chi connectivity index (χ1n) is 5.04. The highest BCUT2D eigenvalue weighted by atomic mass is 35.5. The van der Waals surface area contributed by atoms with Crippen LogP contribution in [0.25, 0.3) is 0 Å². The van der Waals surface area contributed by atoms with Crippen molar-refractivity contribution in [1.29, 1.82) is 0 Å². The first kappa shape index (κ1) is 11.1. The Labute approximate surface area is 98.9 Å². The van der Waals surface area contributed by atoms with Gasteiger partial charge in [0.1, 0.15) is 6.61 Å². The molecule has 1 aliphatic heterocycles. The second-order valence-electron chi connectivity index (χ2n) is 3.84. The van der Waals surface area contributed by atoms with Gasteiger partial charge >= 0.3 is 6.09 Å². The Morgan fingerprint density at radius 2 is 2.31 bits per heavy atom. The highest BCUT2D eigenvalue weighted by molar-refractivity contribution is 6.31. The van der Waals surface area contributed by atoms with E-state index in [-0.39, 0.29) is 6.09 Å². The highest BCUT2D eigenvalue weighted by Gasteiger charge is 2.22. The van der Waals surface area contributed by atoms with Gasteiger partial charge in [-0.1, -0.05) is 11.6 Å². The van der Waals surface area contributed by atoms with Gasteiger partial charge < -0.3 is 15.4 Å². The third kappa shape index (κ3) is 2.07. The lowest BCUT2D eigenvalue weighted by atomic mass is 10.1. The minimum Gasteiger partial charge on any atom is -0.448 e. The van der Waals surface area contributed by atoms with Crippen molar-refractivity contribution in [2.45, 2.75) is 13.5 Å². The summed E-state index contributed by atoms with van der Waals surface area (Å²) in [5.41, 5.74) is 8.29. The molecule has 0 spiro atoms. The third-order valence-electron chi connectivity index (χ3n) is 2.64. The summed E-state index contributed by atoms with van der Waals surface area (Å²) in [6, 6.07) is 3.62. The van der Waals surface area contributed by atoms with Crippen molar-refractivity contribution in [3.05, 3.63) is 28.3 Å². The van der Waals surface area contributed by atoms with Gasteiger partial charge in [-0.05, 0) is 30.2 Å². The molecule has 1 heterocycles. The van der Waals surface area contributed by atoms with Gasteiger partial charge in [0.05, 0.1) is 13.1 Å². The zero-order chi connectivity index (χ0) is 11.7. The second kappa shape index (κ2) is 4.22. The van der Waals surface area contributed by atoms with Crippen LogP contribution in [0.1, 0.15) is 11.1 Å². The van der Waals surface area contributed by atoms with E-state index in [2.05, 4.69) is 0 Å². The lowest BCUT2D eigenvalue weighted by Crippen LogP contribution is -2.23. The van der Waals surface area contributed by atoms with Gasteiger partial charge in [0.15, 0.2) is 0 Å². The van der Waals surface area contributed by atoms with Crippen molar-refractivity contribution < 1.29 is 9.53 Å². The molecule has 1 saturated heterocycles. The number of aryl methyl sites for hydroxylation is 1. The van der Waals surface area contributed by atoms with Crippen LogP contribution >= 0.6 is 11.6 Å². The number of halogens is 1. The fourth-order valence-electron chi connectivity index (χ4n) is 1.63. The van der Waals surface area contributed by atoms with Crippen molar-refractivity contribution in [1.82, 2.24) is 4.90 Å². The quantitative estimate of drug-likeness (QED) is 0.807. The number of nitrogen functional groups attached to an aromatic ring is 1. The van der Waals surface area contributed by atoms with Crippen LogP contribution in [0.15, 0.2) is 12.1 Å². The van der Waals surface area contributed by atoms with E-state index in [1.54, 1.807) is 4.90 Å². The summed E-state index contributed by atoms with van der Waals surface area (Å²) < 4.78 is 4.84. The summed E-state index contributed by atoms with van der Waals surface area (Å²) in [7, 11) is 0. The molecular weight excluding hydrogens is 228 g/mol. The first-order chi connectivity index (χ1) is 7.58. The standard InChI is InChI=1S/C11H13ClN2O2/c1-7-4-9(12)8(5-10(7)13)6-14-2-3-16-11(14)15/h4-5H,2-3,6,13H2,1H3. The Balaban J connectivity index is 2.21. The van der Waals surface area contributed by atoms with Crippen LogP contribution in [-0.2, 0) is 11.3 Å². The molecule has 1 fully saturated rings. The molecule has 2 rings (SSSR count). The highest BCUT2D eigenvalue weighted by Crippen LogP contribution is 2.24. The summed E-state index contributed by atoms with van der Waals surface area (Å²) in [5.74, 6) is 0. The largest absolute Gasteiger partial charge is 0.448 e. The van der Waals surface area contributed by atoms with Gasteiger partial charge in [-0.15, -0.1) is 0 Å². The van der Waals surface area contributed by atoms with E-state index in [9.17, 15) is 4.79 Å². The molecule has 0 radical (unpaired) electrons. The number of cyclic esters (lactones) is 1. The van der Waals surface area contributed by atoms with Crippen molar-refractivity contribution in [2.24, 2.45) is 0 Å². The predicted octanol–water partition coefficient (Wildman–Crippen LogP) is 2.18. The van der Waals surface area contributed by atoms with Crippen LogP contribution in [0, 0.1) is 6.92 Å². The van der Waals surface area contributed by atoms with E-state index >= 15 is 0 Å². The number of carbonyl (C=O) groups excluding carboxylic acids is 1. The number of carbonyl (C=O) groups is 1. The Morgan fingerprint density at radius 3 is 2.94 bits per heavy atom. The summed E-state index contributed by atoms with van der Waals surface area (Å²) in [6.07, 6.45) is -0.296. The zero-order valence-corrected chi connectivity index (χ0v) is 9.75. The number of nitrogens with zero attached hydrogens (tertiary/aromatic N) is 1. The average molecular weight is 241 g/mol. The molecule has 1 aromatic rings. The molecule has 1 amide bonds. The molecular formula is C11H13ClN2O2. The fraction of sp³-hybridized carbons (Fsp3) is 0.364. The Morgan fingerprint density at radius 1 is 1.56 bits per heavy atom. The predicted molar refractivity (Wildman–Crippen MR) is 62.4 cm³/mol. The van der Waals surface area contributed by atoms with Crippen molar-refractivity contribution in [3.63, 3.8) is 0 Å². The SMILES string of the molecule is Cc1cc(Cl)c(CN2CCOC2=O)cc1N. The maximum atomic E-state index is 11.3. The lowest BCUT2D eigenvalue weighted by Gasteiger charge is -2.14. The monoisotopic (exact) mass is 240 g/mol. The van der Waals surface area contributed by atoms with E-state index < -0.39 is 0 Å². The molecule has 0 atom stereocenters. The van der Waals surface area contributed by atoms with Gasteiger partial charge in [-0.2, -0.15) is 0 Å². The van der Waals surface area contributed by atoms with Crippen molar-refractivity contribution >= 4 is 23.4 Å². The van der Waals surface area contributed by atoms with Gasteiger partial charge in [0, 0.05) is 10.7 Å². The van der Waals surface area contributed by atoms with Crippen LogP contribution < -0.4 is 5.73 Å². The molecule has 86 valence electrons. The molecule has 0 aromatic heterocycles. The van der Waals surface area contributed by atoms with Crippen LogP contribution in [0.3, 0.4) is 0 Å². The second-order valence-corrected chi connectivity index (χ2v) is 4.24. The summed E-state index contributed by atoms with van der Waals surface area (Å²) in [6.45, 7) is 3.39. The molecule has 1 aliphatic rings. The number of hydrogen-bond donors (Lipinski definition) is 1. The average Bonchev–Trinajstić information content (AvgIpc) is 2.61. The Bertz CT molecular complexity index is 434. The summed E-state index contributed by atoms with van der Waals surface area (Å²) >= 11 is 6.09. The van der Waals surface area contributed by atoms with E-state index in [4.69, 9.17) is 22.1 Å². The van der Waals surface area contributed by atoms with Gasteiger partial charge in [0.25, 0.3) is 0 Å². The molecule has 0 unspecified atom stereocenters. The molecule has 1 aromatic carbocycles. The summed E-state index contributed by atoms with van der Waals surface area (Å²) in [5, 5.41) is 0.631. The Hall–Kier alpha value is -1.42. The maximum Gasteiger partial charge on any atom is 0.410 e. The van der Waals surface area contributed by atoms with E-state index in [1.807, 2.05) is 19.1 Å².